The topological polar surface area (TPSA) is 74.2 Å². The second-order valence-electron chi connectivity index (χ2n) is 3.94. The van der Waals surface area contributed by atoms with Gasteiger partial charge in [0.05, 0.1) is 24.0 Å². The highest BCUT2D eigenvalue weighted by molar-refractivity contribution is 6.32. The fourth-order valence-corrected chi connectivity index (χ4v) is 2.16. The number of anilines is 1. The Morgan fingerprint density at radius 2 is 2.21 bits per heavy atom. The third-order valence-corrected chi connectivity index (χ3v) is 2.99. The summed E-state index contributed by atoms with van der Waals surface area (Å²) in [6.07, 6.45) is 3.28. The Balaban J connectivity index is 2.16. The maximum absolute atomic E-state index is 6.10. The van der Waals surface area contributed by atoms with Crippen LogP contribution in [0.25, 0.3) is 22.6 Å². The maximum atomic E-state index is 6.10. The van der Waals surface area contributed by atoms with Crippen molar-refractivity contribution < 1.29 is 9.15 Å². The van der Waals surface area contributed by atoms with Gasteiger partial charge in [-0.15, -0.1) is 0 Å². The van der Waals surface area contributed by atoms with Gasteiger partial charge in [0.2, 0.25) is 5.89 Å². The molecule has 0 saturated heterocycles. The first-order valence-electron chi connectivity index (χ1n) is 5.53. The number of ether oxygens (including phenoxy) is 1. The Morgan fingerprint density at radius 3 is 2.89 bits per heavy atom. The lowest BCUT2D eigenvalue weighted by Crippen LogP contribution is -1.94. The van der Waals surface area contributed by atoms with E-state index in [0.29, 0.717) is 39.0 Å². The fourth-order valence-electron chi connectivity index (χ4n) is 1.86. The molecule has 6 heteroatoms. The summed E-state index contributed by atoms with van der Waals surface area (Å²) in [7, 11) is 1.52. The van der Waals surface area contributed by atoms with Crippen molar-refractivity contribution in [2.45, 2.75) is 0 Å². The minimum atomic E-state index is 0.415. The fraction of sp³-hybridized carbons (Fsp3) is 0.0769. The summed E-state index contributed by atoms with van der Waals surface area (Å²) in [5, 5.41) is 0.415. The molecule has 96 valence electrons. The van der Waals surface area contributed by atoms with Gasteiger partial charge in [-0.3, -0.25) is 4.98 Å². The monoisotopic (exact) mass is 275 g/mol. The summed E-state index contributed by atoms with van der Waals surface area (Å²) >= 11 is 6.10. The van der Waals surface area contributed by atoms with E-state index in [-0.39, 0.29) is 0 Å². The van der Waals surface area contributed by atoms with Crippen molar-refractivity contribution in [3.8, 4) is 17.2 Å². The van der Waals surface area contributed by atoms with Gasteiger partial charge < -0.3 is 14.9 Å². The van der Waals surface area contributed by atoms with E-state index < -0.39 is 0 Å². The van der Waals surface area contributed by atoms with Crippen molar-refractivity contribution in [2.24, 2.45) is 0 Å². The van der Waals surface area contributed by atoms with E-state index >= 15 is 0 Å². The van der Waals surface area contributed by atoms with E-state index in [9.17, 15) is 0 Å². The summed E-state index contributed by atoms with van der Waals surface area (Å²) in [5.74, 6) is 0.891. The second kappa shape index (κ2) is 4.44. The van der Waals surface area contributed by atoms with Crippen molar-refractivity contribution in [1.29, 1.82) is 0 Å². The Morgan fingerprint density at radius 1 is 1.37 bits per heavy atom. The number of hydrogen-bond donors (Lipinski definition) is 1. The first-order chi connectivity index (χ1) is 9.19. The molecule has 19 heavy (non-hydrogen) atoms. The first-order valence-corrected chi connectivity index (χ1v) is 5.91. The van der Waals surface area contributed by atoms with E-state index in [4.69, 9.17) is 26.5 Å². The molecule has 0 aliphatic heterocycles. The van der Waals surface area contributed by atoms with E-state index in [2.05, 4.69) is 9.97 Å². The van der Waals surface area contributed by atoms with E-state index in [1.165, 1.54) is 7.11 Å². The molecule has 0 spiro atoms. The minimum absolute atomic E-state index is 0.415. The van der Waals surface area contributed by atoms with Crippen LogP contribution < -0.4 is 10.5 Å². The highest BCUT2D eigenvalue weighted by Gasteiger charge is 2.13. The quantitative estimate of drug-likeness (QED) is 0.727. The van der Waals surface area contributed by atoms with Crippen LogP contribution in [0.15, 0.2) is 35.0 Å². The number of nitrogen functional groups attached to an aromatic ring is 1. The zero-order valence-electron chi connectivity index (χ0n) is 10.1. The molecule has 2 aromatic heterocycles. The molecular weight excluding hydrogens is 266 g/mol. The van der Waals surface area contributed by atoms with Crippen LogP contribution in [0, 0.1) is 0 Å². The molecule has 0 atom stereocenters. The van der Waals surface area contributed by atoms with Gasteiger partial charge in [-0.1, -0.05) is 11.6 Å². The average Bonchev–Trinajstić information content (AvgIpc) is 2.82. The molecule has 0 bridgehead atoms. The number of halogens is 1. The highest BCUT2D eigenvalue weighted by atomic mass is 35.5. The van der Waals surface area contributed by atoms with E-state index in [1.54, 1.807) is 30.6 Å². The number of aromatic nitrogens is 2. The lowest BCUT2D eigenvalue weighted by atomic mass is 10.2. The van der Waals surface area contributed by atoms with Crippen LogP contribution in [0.5, 0.6) is 5.75 Å². The molecular formula is C13H10ClN3O2. The first kappa shape index (κ1) is 11.8. The minimum Gasteiger partial charge on any atom is -0.493 e. The highest BCUT2D eigenvalue weighted by Crippen LogP contribution is 2.36. The van der Waals surface area contributed by atoms with Crippen LogP contribution in [-0.2, 0) is 0 Å². The van der Waals surface area contributed by atoms with Gasteiger partial charge >= 0.3 is 0 Å². The van der Waals surface area contributed by atoms with Crippen LogP contribution in [0.2, 0.25) is 5.02 Å². The summed E-state index contributed by atoms with van der Waals surface area (Å²) in [5.41, 5.74) is 8.35. The van der Waals surface area contributed by atoms with Crippen molar-refractivity contribution in [1.82, 2.24) is 9.97 Å². The zero-order chi connectivity index (χ0) is 13.4. The van der Waals surface area contributed by atoms with Crippen molar-refractivity contribution in [3.05, 3.63) is 35.6 Å². The second-order valence-corrected chi connectivity index (χ2v) is 4.35. The summed E-state index contributed by atoms with van der Waals surface area (Å²) in [4.78, 5) is 8.33. The standard InChI is InChI=1S/C13H10ClN3O2/c1-18-12-8(14)4-7(5-9(12)15)13-17-10-6-16-3-2-11(10)19-13/h2-6H,15H2,1H3. The summed E-state index contributed by atoms with van der Waals surface area (Å²) < 4.78 is 10.7. The van der Waals surface area contributed by atoms with Gasteiger partial charge in [-0.25, -0.2) is 4.98 Å². The molecule has 0 aliphatic carbocycles. The smallest absolute Gasteiger partial charge is 0.227 e. The summed E-state index contributed by atoms with van der Waals surface area (Å²) in [6.45, 7) is 0. The number of nitrogens with two attached hydrogens (primary N) is 1. The molecule has 0 amide bonds. The van der Waals surface area contributed by atoms with Gasteiger partial charge in [0.15, 0.2) is 11.3 Å². The molecule has 0 aliphatic rings. The number of hydrogen-bond acceptors (Lipinski definition) is 5. The van der Waals surface area contributed by atoms with Crippen LogP contribution >= 0.6 is 11.6 Å². The molecule has 0 unspecified atom stereocenters. The van der Waals surface area contributed by atoms with Gasteiger partial charge in [0.1, 0.15) is 5.52 Å². The number of benzene rings is 1. The third-order valence-electron chi connectivity index (χ3n) is 2.71. The van der Waals surface area contributed by atoms with Gasteiger partial charge in [-0.2, -0.15) is 0 Å². The SMILES string of the molecule is COc1c(N)cc(-c2nc3cnccc3o2)cc1Cl. The Hall–Kier alpha value is -2.27. The molecule has 0 fully saturated rings. The van der Waals surface area contributed by atoms with E-state index in [0.717, 1.165) is 0 Å². The normalized spacial score (nSPS) is 10.8. The van der Waals surface area contributed by atoms with Gasteiger partial charge in [0, 0.05) is 17.8 Å². The number of nitrogens with zero attached hydrogens (tertiary/aromatic N) is 2. The molecule has 1 aromatic carbocycles. The largest absolute Gasteiger partial charge is 0.493 e. The average molecular weight is 276 g/mol. The van der Waals surface area contributed by atoms with Crippen LogP contribution in [-0.4, -0.2) is 17.1 Å². The number of methoxy groups -OCH3 is 1. The molecule has 3 rings (SSSR count). The van der Waals surface area contributed by atoms with Crippen molar-refractivity contribution in [3.63, 3.8) is 0 Å². The van der Waals surface area contributed by atoms with Crippen molar-refractivity contribution >= 4 is 28.4 Å². The van der Waals surface area contributed by atoms with Crippen LogP contribution in [0.1, 0.15) is 0 Å². The van der Waals surface area contributed by atoms with Crippen LogP contribution in [0.3, 0.4) is 0 Å². The molecule has 2 N–H and O–H groups in total. The Labute approximate surface area is 114 Å². The number of oxazole rings is 1. The maximum Gasteiger partial charge on any atom is 0.227 e. The number of pyridine rings is 1. The molecule has 3 aromatic rings. The lowest BCUT2D eigenvalue weighted by molar-refractivity contribution is 0.417. The predicted molar refractivity (Wildman–Crippen MR) is 73.2 cm³/mol. The van der Waals surface area contributed by atoms with Gasteiger partial charge in [0.25, 0.3) is 0 Å². The predicted octanol–water partition coefficient (Wildman–Crippen LogP) is 3.13. The Bertz CT molecular complexity index is 698. The summed E-state index contributed by atoms with van der Waals surface area (Å²) in [6, 6.07) is 5.16. The molecule has 0 saturated carbocycles. The number of fused-ring (bicyclic) bond motifs is 1. The van der Waals surface area contributed by atoms with E-state index in [1.807, 2.05) is 0 Å². The van der Waals surface area contributed by atoms with Crippen molar-refractivity contribution in [2.75, 3.05) is 12.8 Å². The lowest BCUT2D eigenvalue weighted by Gasteiger charge is -2.07. The van der Waals surface area contributed by atoms with Crippen LogP contribution in [0.4, 0.5) is 5.69 Å². The number of rotatable bonds is 2. The molecule has 5 nitrogen and oxygen atoms in total. The third kappa shape index (κ3) is 1.98. The Kier molecular flexibility index (Phi) is 2.76. The molecule has 0 radical (unpaired) electrons. The zero-order valence-corrected chi connectivity index (χ0v) is 10.8. The van der Waals surface area contributed by atoms with Gasteiger partial charge in [-0.05, 0) is 12.1 Å². The molecule has 2 heterocycles.